The molecule has 274 valence electrons. The molecule has 8 heteroatoms. The van der Waals surface area contributed by atoms with Crippen molar-refractivity contribution in [3.05, 3.63) is 65.7 Å². The normalized spacial score (nSPS) is 27.6. The highest BCUT2D eigenvalue weighted by Crippen LogP contribution is 2.41. The number of benzene rings is 2. The van der Waals surface area contributed by atoms with E-state index < -0.39 is 0 Å². The molecule has 3 aliphatic heterocycles. The van der Waals surface area contributed by atoms with Crippen LogP contribution in [0.4, 0.5) is 0 Å². The van der Waals surface area contributed by atoms with Crippen molar-refractivity contribution in [2.75, 3.05) is 39.3 Å². The first-order chi connectivity index (χ1) is 24.0. The van der Waals surface area contributed by atoms with E-state index in [1.165, 1.54) is 49.7 Å². The zero-order valence-corrected chi connectivity index (χ0v) is 31.6. The van der Waals surface area contributed by atoms with E-state index in [1.54, 1.807) is 12.1 Å². The topological polar surface area (TPSA) is 95.4 Å². The predicted octanol–water partition coefficient (Wildman–Crippen LogP) is 6.83. The molecule has 8 nitrogen and oxygen atoms in total. The summed E-state index contributed by atoms with van der Waals surface area (Å²) in [5, 5.41) is 19.8. The summed E-state index contributed by atoms with van der Waals surface area (Å²) in [6.45, 7) is 17.4. The highest BCUT2D eigenvalue weighted by Gasteiger charge is 2.42. The lowest BCUT2D eigenvalue weighted by molar-refractivity contribution is 0.134. The minimum Gasteiger partial charge on any atom is -0.508 e. The van der Waals surface area contributed by atoms with E-state index in [9.17, 15) is 10.5 Å². The minimum atomic E-state index is 0.199. The maximum absolute atomic E-state index is 10.0. The Morgan fingerprint density at radius 2 is 1.64 bits per heavy atom. The minimum absolute atomic E-state index is 0.199. The van der Waals surface area contributed by atoms with Gasteiger partial charge in [0.05, 0.1) is 18.6 Å². The number of phenolic OH excluding ortho intramolecular Hbond substituents is 1. The van der Waals surface area contributed by atoms with Gasteiger partial charge in [0, 0.05) is 38.3 Å². The van der Waals surface area contributed by atoms with Gasteiger partial charge in [-0.15, -0.1) is 0 Å². The fraction of sp³-hybridized carbons (Fsp3) is 0.667. The van der Waals surface area contributed by atoms with E-state index in [4.69, 9.17) is 10.7 Å². The predicted molar refractivity (Wildman–Crippen MR) is 207 cm³/mol. The second-order valence-electron chi connectivity index (χ2n) is 17.2. The van der Waals surface area contributed by atoms with Crippen molar-refractivity contribution < 1.29 is 5.11 Å². The van der Waals surface area contributed by atoms with Gasteiger partial charge in [-0.3, -0.25) is 15.3 Å². The molecular formula is C42H65N7O. The molecule has 0 aromatic heterocycles. The second-order valence-corrected chi connectivity index (χ2v) is 17.2. The highest BCUT2D eigenvalue weighted by molar-refractivity contribution is 5.80. The lowest BCUT2D eigenvalue weighted by Gasteiger charge is -2.39. The first kappa shape index (κ1) is 36.5. The Kier molecular flexibility index (Phi) is 11.7. The van der Waals surface area contributed by atoms with Crippen LogP contribution >= 0.6 is 0 Å². The van der Waals surface area contributed by atoms with E-state index in [1.807, 2.05) is 0 Å². The lowest BCUT2D eigenvalue weighted by Crippen LogP contribution is -2.53. The van der Waals surface area contributed by atoms with Crippen LogP contribution in [0.3, 0.4) is 0 Å². The molecule has 5 atom stereocenters. The Hall–Kier alpha value is -3.26. The molecule has 1 unspecified atom stereocenters. The summed E-state index contributed by atoms with van der Waals surface area (Å²) in [5.74, 6) is 3.70. The van der Waals surface area contributed by atoms with Gasteiger partial charge in [0.15, 0.2) is 11.9 Å². The number of guanidine groups is 2. The smallest absolute Gasteiger partial charge is 0.194 e. The molecule has 0 spiro atoms. The molecule has 0 amide bonds. The number of nitrogens with two attached hydrogens (primary N) is 1. The van der Waals surface area contributed by atoms with Gasteiger partial charge < -0.3 is 25.5 Å². The van der Waals surface area contributed by atoms with Gasteiger partial charge in [0.2, 0.25) is 0 Å². The standard InChI is InChI=1S/C42H65N7O/c1-6-30(2)39-25-45-40(43)49(39)28-35-13-10-22-46(35)27-36(23-31-11-8-7-9-12-31)48-29-37(24-32-16-20-38(50)21-17-32)47(41(48)44)26-33-14-18-34(19-15-33)42(3,4)5/h7-9,11-12,16-17,20-21,30,33-37,39,44,50H,6,10,13-15,18-19,22-29H2,1-5H3,(H2,43,45)/t30-,33?,34?,35-,36+,37?,39-/m0/s1. The third kappa shape index (κ3) is 8.60. The lowest BCUT2D eigenvalue weighted by atomic mass is 9.70. The Morgan fingerprint density at radius 3 is 2.32 bits per heavy atom. The molecule has 0 radical (unpaired) electrons. The molecule has 3 fully saturated rings. The van der Waals surface area contributed by atoms with Crippen molar-refractivity contribution in [2.24, 2.45) is 33.9 Å². The Balaban J connectivity index is 1.22. The van der Waals surface area contributed by atoms with Crippen LogP contribution in [-0.4, -0.2) is 100 Å². The number of nitrogens with one attached hydrogen (secondary N) is 1. The van der Waals surface area contributed by atoms with Crippen LogP contribution in [0.2, 0.25) is 0 Å². The Bertz CT molecular complexity index is 1410. The average molecular weight is 684 g/mol. The zero-order valence-electron chi connectivity index (χ0n) is 31.6. The summed E-state index contributed by atoms with van der Waals surface area (Å²) in [4.78, 5) is 14.7. The first-order valence-electron chi connectivity index (χ1n) is 19.7. The van der Waals surface area contributed by atoms with Crippen LogP contribution in [-0.2, 0) is 12.8 Å². The summed E-state index contributed by atoms with van der Waals surface area (Å²) in [7, 11) is 0. The average Bonchev–Trinajstić information content (AvgIpc) is 3.79. The highest BCUT2D eigenvalue weighted by atomic mass is 16.3. The van der Waals surface area contributed by atoms with E-state index >= 15 is 0 Å². The third-order valence-corrected chi connectivity index (χ3v) is 12.9. The fourth-order valence-electron chi connectivity index (χ4n) is 9.41. The van der Waals surface area contributed by atoms with Gasteiger partial charge in [0.1, 0.15) is 5.75 Å². The number of hydrogen-bond acceptors (Lipinski definition) is 6. The molecule has 2 aromatic carbocycles. The van der Waals surface area contributed by atoms with Crippen molar-refractivity contribution in [1.82, 2.24) is 19.6 Å². The van der Waals surface area contributed by atoms with Crippen molar-refractivity contribution in [2.45, 2.75) is 117 Å². The van der Waals surface area contributed by atoms with E-state index in [0.717, 1.165) is 64.4 Å². The van der Waals surface area contributed by atoms with Crippen molar-refractivity contribution in [1.29, 1.82) is 5.41 Å². The fourth-order valence-corrected chi connectivity index (χ4v) is 9.41. The summed E-state index contributed by atoms with van der Waals surface area (Å²) < 4.78 is 0. The molecule has 0 bridgehead atoms. The van der Waals surface area contributed by atoms with Crippen LogP contribution in [0.5, 0.6) is 5.75 Å². The molecule has 1 aliphatic carbocycles. The molecule has 2 aromatic rings. The number of phenols is 1. The van der Waals surface area contributed by atoms with Gasteiger partial charge >= 0.3 is 0 Å². The molecule has 4 N–H and O–H groups in total. The van der Waals surface area contributed by atoms with Crippen LogP contribution < -0.4 is 5.73 Å². The van der Waals surface area contributed by atoms with Gasteiger partial charge in [0.25, 0.3) is 0 Å². The second kappa shape index (κ2) is 16.0. The van der Waals surface area contributed by atoms with Crippen LogP contribution in [0.15, 0.2) is 59.6 Å². The van der Waals surface area contributed by atoms with Crippen molar-refractivity contribution >= 4 is 11.9 Å². The molecule has 2 saturated heterocycles. The number of rotatable bonds is 13. The number of likely N-dealkylation sites (tertiary alicyclic amines) is 1. The SMILES string of the molecule is CC[C@H](C)[C@@H]1CN=C(N)N1C[C@@H]1CCCN1C[C@@H](Cc1ccccc1)N1CC(Cc2ccc(O)cc2)N(CC2CCC(C(C)(C)C)CC2)C1=N. The van der Waals surface area contributed by atoms with Crippen molar-refractivity contribution in [3.8, 4) is 5.75 Å². The first-order valence-corrected chi connectivity index (χ1v) is 19.7. The van der Waals surface area contributed by atoms with E-state index in [0.29, 0.717) is 47.0 Å². The molecule has 4 aliphatic rings. The van der Waals surface area contributed by atoms with Gasteiger partial charge in [-0.2, -0.15) is 0 Å². The Morgan fingerprint density at radius 1 is 0.920 bits per heavy atom. The van der Waals surface area contributed by atoms with E-state index in [2.05, 4.69) is 96.7 Å². The summed E-state index contributed by atoms with van der Waals surface area (Å²) in [5.41, 5.74) is 9.44. The molecular weight excluding hydrogens is 619 g/mol. The van der Waals surface area contributed by atoms with Gasteiger partial charge in [-0.1, -0.05) is 83.5 Å². The number of aliphatic imine (C=N–C) groups is 1. The molecule has 50 heavy (non-hydrogen) atoms. The van der Waals surface area contributed by atoms with Gasteiger partial charge in [-0.05, 0) is 104 Å². The summed E-state index contributed by atoms with van der Waals surface area (Å²) in [6.07, 6.45) is 10.4. The third-order valence-electron chi connectivity index (χ3n) is 12.9. The van der Waals surface area contributed by atoms with Crippen LogP contribution in [0.1, 0.15) is 90.7 Å². The number of hydrogen-bond donors (Lipinski definition) is 3. The Labute approximate surface area is 302 Å². The molecule has 6 rings (SSSR count). The summed E-state index contributed by atoms with van der Waals surface area (Å²) in [6, 6.07) is 19.9. The van der Waals surface area contributed by atoms with Crippen LogP contribution in [0, 0.1) is 28.6 Å². The molecule has 1 saturated carbocycles. The quantitative estimate of drug-likeness (QED) is 0.214. The monoisotopic (exact) mass is 684 g/mol. The molecule has 3 heterocycles. The maximum atomic E-state index is 10.0. The summed E-state index contributed by atoms with van der Waals surface area (Å²) >= 11 is 0. The maximum Gasteiger partial charge on any atom is 0.194 e. The number of aromatic hydroxyl groups is 1. The van der Waals surface area contributed by atoms with E-state index in [-0.39, 0.29) is 12.1 Å². The zero-order chi connectivity index (χ0) is 35.4. The van der Waals surface area contributed by atoms with Crippen LogP contribution in [0.25, 0.3) is 0 Å². The van der Waals surface area contributed by atoms with Crippen molar-refractivity contribution in [3.63, 3.8) is 0 Å². The number of nitrogens with zero attached hydrogens (tertiary/aromatic N) is 5. The van der Waals surface area contributed by atoms with Gasteiger partial charge in [-0.25, -0.2) is 0 Å². The largest absolute Gasteiger partial charge is 0.508 e.